The number of halogens is 1. The van der Waals surface area contributed by atoms with Gasteiger partial charge in [-0.05, 0) is 18.2 Å². The van der Waals surface area contributed by atoms with E-state index in [1.807, 2.05) is 12.1 Å². The monoisotopic (exact) mass is 213 g/mol. The van der Waals surface area contributed by atoms with Crippen LogP contribution < -0.4 is 0 Å². The van der Waals surface area contributed by atoms with E-state index in [1.165, 1.54) is 11.8 Å². The number of rotatable bonds is 3. The fourth-order valence-corrected chi connectivity index (χ4v) is 1.82. The van der Waals surface area contributed by atoms with Crippen LogP contribution >= 0.6 is 23.4 Å². The molecule has 0 atom stereocenters. The molecule has 0 aliphatic rings. The molecule has 1 aromatic rings. The summed E-state index contributed by atoms with van der Waals surface area (Å²) in [5, 5.41) is 17.7. The maximum absolute atomic E-state index is 8.60. The van der Waals surface area contributed by atoms with Crippen molar-refractivity contribution < 1.29 is 5.11 Å². The second-order valence-corrected chi connectivity index (χ2v) is 3.90. The van der Waals surface area contributed by atoms with Crippen LogP contribution in [0, 0.1) is 11.3 Å². The predicted octanol–water partition coefficient (Wildman–Crippen LogP) is 2.30. The molecule has 68 valence electrons. The Morgan fingerprint density at radius 1 is 1.54 bits per heavy atom. The molecule has 13 heavy (non-hydrogen) atoms. The Bertz CT molecular complexity index is 335. The summed E-state index contributed by atoms with van der Waals surface area (Å²) in [4.78, 5) is 0.970. The molecule has 0 aliphatic heterocycles. The number of aliphatic hydroxyl groups excluding tert-OH is 1. The first-order valence-electron chi connectivity index (χ1n) is 3.71. The molecule has 0 saturated heterocycles. The third kappa shape index (κ3) is 2.92. The van der Waals surface area contributed by atoms with Crippen LogP contribution in [0.3, 0.4) is 0 Å². The van der Waals surface area contributed by atoms with E-state index in [-0.39, 0.29) is 6.61 Å². The Morgan fingerprint density at radius 2 is 2.31 bits per heavy atom. The van der Waals surface area contributed by atoms with Gasteiger partial charge in [0, 0.05) is 10.6 Å². The Balaban J connectivity index is 2.79. The van der Waals surface area contributed by atoms with Gasteiger partial charge < -0.3 is 5.11 Å². The number of hydrogen-bond acceptors (Lipinski definition) is 3. The second-order valence-electron chi connectivity index (χ2n) is 2.33. The average molecular weight is 214 g/mol. The van der Waals surface area contributed by atoms with Gasteiger partial charge in [-0.3, -0.25) is 0 Å². The van der Waals surface area contributed by atoms with Gasteiger partial charge in [-0.15, -0.1) is 11.8 Å². The van der Waals surface area contributed by atoms with Crippen LogP contribution in [0.15, 0.2) is 23.1 Å². The quantitative estimate of drug-likeness (QED) is 0.784. The predicted molar refractivity (Wildman–Crippen MR) is 54.0 cm³/mol. The van der Waals surface area contributed by atoms with Gasteiger partial charge in [-0.2, -0.15) is 5.26 Å². The van der Waals surface area contributed by atoms with Crippen molar-refractivity contribution in [3.63, 3.8) is 0 Å². The van der Waals surface area contributed by atoms with E-state index in [9.17, 15) is 0 Å². The molecule has 0 saturated carbocycles. The summed E-state index contributed by atoms with van der Waals surface area (Å²) in [5.74, 6) is 0.641. The van der Waals surface area contributed by atoms with Crippen molar-refractivity contribution in [3.05, 3.63) is 28.8 Å². The molecule has 1 N–H and O–H groups in total. The lowest BCUT2D eigenvalue weighted by Crippen LogP contribution is -1.86. The highest BCUT2D eigenvalue weighted by Gasteiger charge is 2.00. The van der Waals surface area contributed by atoms with Crippen LogP contribution in [0.25, 0.3) is 0 Å². The van der Waals surface area contributed by atoms with Crippen molar-refractivity contribution >= 4 is 23.4 Å². The number of thioether (sulfide) groups is 1. The zero-order valence-corrected chi connectivity index (χ0v) is 8.40. The SMILES string of the molecule is N#Cc1ccc(SCCO)cc1Cl. The van der Waals surface area contributed by atoms with E-state index in [4.69, 9.17) is 22.0 Å². The van der Waals surface area contributed by atoms with Gasteiger partial charge in [0.25, 0.3) is 0 Å². The number of nitriles is 1. The fourth-order valence-electron chi connectivity index (χ4n) is 0.840. The number of hydrogen-bond donors (Lipinski definition) is 1. The van der Waals surface area contributed by atoms with Crippen LogP contribution in [-0.2, 0) is 0 Å². The van der Waals surface area contributed by atoms with Crippen LogP contribution in [0.4, 0.5) is 0 Å². The molecule has 4 heteroatoms. The molecule has 0 heterocycles. The lowest BCUT2D eigenvalue weighted by atomic mass is 10.2. The molecule has 1 aromatic carbocycles. The number of nitrogens with zero attached hydrogens (tertiary/aromatic N) is 1. The molecule has 0 radical (unpaired) electrons. The van der Waals surface area contributed by atoms with E-state index in [0.717, 1.165) is 4.90 Å². The second kappa shape index (κ2) is 5.13. The third-order valence-electron chi connectivity index (χ3n) is 1.42. The van der Waals surface area contributed by atoms with Crippen molar-refractivity contribution in [2.45, 2.75) is 4.90 Å². The van der Waals surface area contributed by atoms with Crippen molar-refractivity contribution in [1.82, 2.24) is 0 Å². The van der Waals surface area contributed by atoms with E-state index in [1.54, 1.807) is 12.1 Å². The molecule has 0 spiro atoms. The summed E-state index contributed by atoms with van der Waals surface area (Å²) in [5.41, 5.74) is 0.481. The molecule has 0 unspecified atom stereocenters. The van der Waals surface area contributed by atoms with Gasteiger partial charge in [-0.25, -0.2) is 0 Å². The smallest absolute Gasteiger partial charge is 0.101 e. The van der Waals surface area contributed by atoms with Crippen molar-refractivity contribution in [2.75, 3.05) is 12.4 Å². The Hall–Kier alpha value is -0.690. The standard InChI is InChI=1S/C9H8ClNOS/c10-9-5-8(13-4-3-12)2-1-7(9)6-11/h1-2,5,12H,3-4H2. The minimum absolute atomic E-state index is 0.141. The molecule has 2 nitrogen and oxygen atoms in total. The van der Waals surface area contributed by atoms with Crippen LogP contribution in [0.2, 0.25) is 5.02 Å². The molecular weight excluding hydrogens is 206 g/mol. The molecule has 0 bridgehead atoms. The summed E-state index contributed by atoms with van der Waals surface area (Å²) in [6.45, 7) is 0.141. The summed E-state index contributed by atoms with van der Waals surface area (Å²) in [6, 6.07) is 7.23. The highest BCUT2D eigenvalue weighted by molar-refractivity contribution is 7.99. The zero-order chi connectivity index (χ0) is 9.68. The maximum Gasteiger partial charge on any atom is 0.101 e. The van der Waals surface area contributed by atoms with Crippen LogP contribution in [0.1, 0.15) is 5.56 Å². The maximum atomic E-state index is 8.60. The molecule has 0 fully saturated rings. The highest BCUT2D eigenvalue weighted by Crippen LogP contribution is 2.24. The van der Waals surface area contributed by atoms with E-state index >= 15 is 0 Å². The van der Waals surface area contributed by atoms with Crippen molar-refractivity contribution in [2.24, 2.45) is 0 Å². The molecule has 0 amide bonds. The summed E-state index contributed by atoms with van der Waals surface area (Å²) >= 11 is 7.32. The fraction of sp³-hybridized carbons (Fsp3) is 0.222. The van der Waals surface area contributed by atoms with E-state index in [0.29, 0.717) is 16.3 Å². The summed E-state index contributed by atoms with van der Waals surface area (Å²) < 4.78 is 0. The highest BCUT2D eigenvalue weighted by atomic mass is 35.5. The Morgan fingerprint density at radius 3 is 2.85 bits per heavy atom. The first-order valence-corrected chi connectivity index (χ1v) is 5.07. The van der Waals surface area contributed by atoms with E-state index in [2.05, 4.69) is 0 Å². The first kappa shape index (κ1) is 10.4. The van der Waals surface area contributed by atoms with Crippen molar-refractivity contribution in [1.29, 1.82) is 5.26 Å². The van der Waals surface area contributed by atoms with Gasteiger partial charge in [0.2, 0.25) is 0 Å². The van der Waals surface area contributed by atoms with Gasteiger partial charge in [0.15, 0.2) is 0 Å². The van der Waals surface area contributed by atoms with Gasteiger partial charge in [-0.1, -0.05) is 11.6 Å². The lowest BCUT2D eigenvalue weighted by Gasteiger charge is -2.00. The van der Waals surface area contributed by atoms with E-state index < -0.39 is 0 Å². The van der Waals surface area contributed by atoms with Gasteiger partial charge >= 0.3 is 0 Å². The average Bonchev–Trinajstić information content (AvgIpc) is 2.15. The Labute approximate surface area is 86.1 Å². The molecule has 1 rings (SSSR count). The van der Waals surface area contributed by atoms with Gasteiger partial charge in [0.1, 0.15) is 6.07 Å². The Kier molecular flexibility index (Phi) is 4.10. The van der Waals surface area contributed by atoms with Crippen LogP contribution in [-0.4, -0.2) is 17.5 Å². The first-order chi connectivity index (χ1) is 6.27. The summed E-state index contributed by atoms with van der Waals surface area (Å²) in [6.07, 6.45) is 0. The molecule has 0 aromatic heterocycles. The topological polar surface area (TPSA) is 44.0 Å². The summed E-state index contributed by atoms with van der Waals surface area (Å²) in [7, 11) is 0. The number of aliphatic hydroxyl groups is 1. The molecular formula is C9H8ClNOS. The third-order valence-corrected chi connectivity index (χ3v) is 2.71. The molecule has 0 aliphatic carbocycles. The largest absolute Gasteiger partial charge is 0.396 e. The minimum atomic E-state index is 0.141. The van der Waals surface area contributed by atoms with Gasteiger partial charge in [0.05, 0.1) is 17.2 Å². The number of benzene rings is 1. The van der Waals surface area contributed by atoms with Crippen molar-refractivity contribution in [3.8, 4) is 6.07 Å². The minimum Gasteiger partial charge on any atom is -0.396 e. The normalized spacial score (nSPS) is 9.62. The lowest BCUT2D eigenvalue weighted by molar-refractivity contribution is 0.322. The van der Waals surface area contributed by atoms with Crippen LogP contribution in [0.5, 0.6) is 0 Å². The zero-order valence-electron chi connectivity index (χ0n) is 6.83.